The smallest absolute Gasteiger partial charge is 0.321 e. The number of para-hydroxylation sites is 1. The van der Waals surface area contributed by atoms with Gasteiger partial charge in [-0.15, -0.1) is 0 Å². The first-order chi connectivity index (χ1) is 10.7. The van der Waals surface area contributed by atoms with Crippen molar-refractivity contribution in [1.82, 2.24) is 4.90 Å². The van der Waals surface area contributed by atoms with Crippen molar-refractivity contribution in [2.24, 2.45) is 0 Å². The van der Waals surface area contributed by atoms with Gasteiger partial charge in [-0.3, -0.25) is 0 Å². The summed E-state index contributed by atoms with van der Waals surface area (Å²) in [5, 5.41) is 11.7. The molecule has 0 heterocycles. The van der Waals surface area contributed by atoms with Crippen LogP contribution in [0.5, 0.6) is 5.75 Å². The van der Waals surface area contributed by atoms with E-state index in [1.807, 2.05) is 48.5 Å². The zero-order valence-electron chi connectivity index (χ0n) is 12.7. The molecule has 0 atom stereocenters. The first-order valence-corrected chi connectivity index (χ1v) is 7.02. The Morgan fingerprint density at radius 3 is 2.73 bits per heavy atom. The van der Waals surface area contributed by atoms with E-state index >= 15 is 0 Å². The Morgan fingerprint density at radius 2 is 2.00 bits per heavy atom. The van der Waals surface area contributed by atoms with E-state index < -0.39 is 0 Å². The van der Waals surface area contributed by atoms with Gasteiger partial charge in [0.05, 0.1) is 13.7 Å². The van der Waals surface area contributed by atoms with Gasteiger partial charge in [-0.1, -0.05) is 30.3 Å². The molecule has 5 nitrogen and oxygen atoms in total. The number of aliphatic hydroxyl groups excluding tert-OH is 1. The molecule has 0 saturated carbocycles. The summed E-state index contributed by atoms with van der Waals surface area (Å²) < 4.78 is 5.37. The van der Waals surface area contributed by atoms with Crippen molar-refractivity contribution in [2.75, 3.05) is 32.6 Å². The third-order valence-corrected chi connectivity index (χ3v) is 3.31. The summed E-state index contributed by atoms with van der Waals surface area (Å²) in [6.45, 7) is 0.225. The first-order valence-electron chi connectivity index (χ1n) is 7.02. The molecular formula is C17H20N2O3. The Balaban J connectivity index is 2.22. The summed E-state index contributed by atoms with van der Waals surface area (Å²) in [5.74, 6) is 0.781. The highest BCUT2D eigenvalue weighted by Crippen LogP contribution is 2.30. The zero-order chi connectivity index (χ0) is 15.9. The molecule has 0 unspecified atom stereocenters. The maximum absolute atomic E-state index is 12.0. The number of hydrogen-bond donors (Lipinski definition) is 2. The zero-order valence-corrected chi connectivity index (χ0v) is 12.7. The lowest BCUT2D eigenvalue weighted by molar-refractivity contribution is 0.202. The lowest BCUT2D eigenvalue weighted by Gasteiger charge is -2.17. The van der Waals surface area contributed by atoms with Gasteiger partial charge in [-0.05, 0) is 23.8 Å². The number of likely N-dealkylation sites (N-methyl/N-ethyl adjacent to an activating group) is 1. The summed E-state index contributed by atoms with van der Waals surface area (Å²) in [6, 6.07) is 15.0. The molecule has 0 radical (unpaired) electrons. The number of carbonyl (C=O) groups is 1. The fourth-order valence-electron chi connectivity index (χ4n) is 2.12. The number of amides is 2. The fourth-order valence-corrected chi connectivity index (χ4v) is 2.12. The van der Waals surface area contributed by atoms with E-state index in [9.17, 15) is 4.79 Å². The lowest BCUT2D eigenvalue weighted by Crippen LogP contribution is -2.33. The minimum Gasteiger partial charge on any atom is -0.496 e. The number of benzene rings is 2. The van der Waals surface area contributed by atoms with Gasteiger partial charge in [0.1, 0.15) is 5.75 Å². The van der Waals surface area contributed by atoms with Gasteiger partial charge in [-0.2, -0.15) is 0 Å². The fraction of sp³-hybridized carbons (Fsp3) is 0.235. The largest absolute Gasteiger partial charge is 0.496 e. The number of urea groups is 1. The van der Waals surface area contributed by atoms with Gasteiger partial charge in [0.25, 0.3) is 0 Å². The van der Waals surface area contributed by atoms with Crippen molar-refractivity contribution >= 4 is 11.7 Å². The van der Waals surface area contributed by atoms with E-state index in [4.69, 9.17) is 9.84 Å². The van der Waals surface area contributed by atoms with Crippen LogP contribution in [0.1, 0.15) is 0 Å². The minimum absolute atomic E-state index is 0.0643. The number of anilines is 1. The van der Waals surface area contributed by atoms with Crippen molar-refractivity contribution in [3.05, 3.63) is 48.5 Å². The van der Waals surface area contributed by atoms with Crippen molar-refractivity contribution in [3.8, 4) is 16.9 Å². The highest BCUT2D eigenvalue weighted by molar-refractivity contribution is 5.90. The van der Waals surface area contributed by atoms with Crippen LogP contribution in [0.25, 0.3) is 11.1 Å². The maximum atomic E-state index is 12.0. The van der Waals surface area contributed by atoms with Crippen LogP contribution in [0.3, 0.4) is 0 Å². The summed E-state index contributed by atoms with van der Waals surface area (Å²) in [5.41, 5.74) is 2.61. The molecule has 2 aromatic carbocycles. The van der Waals surface area contributed by atoms with Crippen LogP contribution < -0.4 is 10.1 Å². The number of ether oxygens (including phenoxy) is 1. The molecule has 116 valence electrons. The molecule has 0 aliphatic heterocycles. The number of hydrogen-bond acceptors (Lipinski definition) is 3. The average molecular weight is 300 g/mol. The molecule has 2 amide bonds. The number of aliphatic hydroxyl groups is 1. The SMILES string of the molecule is COc1ccccc1-c1cccc(NC(=O)N(C)CCO)c1. The normalized spacial score (nSPS) is 10.1. The van der Waals surface area contributed by atoms with Gasteiger partial charge < -0.3 is 20.1 Å². The second-order valence-electron chi connectivity index (χ2n) is 4.86. The molecule has 2 aromatic rings. The van der Waals surface area contributed by atoms with Crippen molar-refractivity contribution in [1.29, 1.82) is 0 Å². The third-order valence-electron chi connectivity index (χ3n) is 3.31. The molecule has 0 aliphatic carbocycles. The van der Waals surface area contributed by atoms with Gasteiger partial charge in [0.15, 0.2) is 0 Å². The highest BCUT2D eigenvalue weighted by atomic mass is 16.5. The summed E-state index contributed by atoms with van der Waals surface area (Å²) in [7, 11) is 3.27. The maximum Gasteiger partial charge on any atom is 0.321 e. The Hall–Kier alpha value is -2.53. The second kappa shape index (κ2) is 7.47. The van der Waals surface area contributed by atoms with Gasteiger partial charge in [-0.25, -0.2) is 4.79 Å². The molecule has 0 fully saturated rings. The molecule has 0 spiro atoms. The van der Waals surface area contributed by atoms with Crippen LogP contribution in [0.4, 0.5) is 10.5 Å². The molecule has 2 rings (SSSR count). The van der Waals surface area contributed by atoms with Crippen LogP contribution in [-0.2, 0) is 0 Å². The summed E-state index contributed by atoms with van der Waals surface area (Å²) in [4.78, 5) is 13.4. The summed E-state index contributed by atoms with van der Waals surface area (Å²) in [6.07, 6.45) is 0. The molecule has 0 aliphatic rings. The average Bonchev–Trinajstić information content (AvgIpc) is 2.55. The molecule has 0 bridgehead atoms. The van der Waals surface area contributed by atoms with E-state index in [1.165, 1.54) is 4.90 Å². The lowest BCUT2D eigenvalue weighted by atomic mass is 10.0. The third kappa shape index (κ3) is 3.77. The van der Waals surface area contributed by atoms with Gasteiger partial charge in [0.2, 0.25) is 0 Å². The van der Waals surface area contributed by atoms with Crippen LogP contribution in [0.2, 0.25) is 0 Å². The molecule has 22 heavy (non-hydrogen) atoms. The monoisotopic (exact) mass is 300 g/mol. The standard InChI is InChI=1S/C17H20N2O3/c1-19(10-11-20)17(21)18-14-7-5-6-13(12-14)15-8-3-4-9-16(15)22-2/h3-9,12,20H,10-11H2,1-2H3,(H,18,21). The van der Waals surface area contributed by atoms with E-state index in [0.29, 0.717) is 5.69 Å². The summed E-state index contributed by atoms with van der Waals surface area (Å²) >= 11 is 0. The van der Waals surface area contributed by atoms with E-state index in [0.717, 1.165) is 16.9 Å². The molecule has 0 aromatic heterocycles. The number of rotatable bonds is 5. The number of methoxy groups -OCH3 is 1. The van der Waals surface area contributed by atoms with E-state index in [1.54, 1.807) is 14.2 Å². The quantitative estimate of drug-likeness (QED) is 0.892. The first kappa shape index (κ1) is 15.9. The minimum atomic E-state index is -0.258. The molecule has 0 saturated heterocycles. The van der Waals surface area contributed by atoms with E-state index in [-0.39, 0.29) is 19.2 Å². The van der Waals surface area contributed by atoms with Crippen molar-refractivity contribution < 1.29 is 14.6 Å². The Labute approximate surface area is 130 Å². The topological polar surface area (TPSA) is 61.8 Å². The van der Waals surface area contributed by atoms with Crippen LogP contribution in [-0.4, -0.2) is 43.3 Å². The molecule has 2 N–H and O–H groups in total. The molecular weight excluding hydrogens is 280 g/mol. The van der Waals surface area contributed by atoms with Gasteiger partial charge in [0, 0.05) is 24.8 Å². The van der Waals surface area contributed by atoms with Crippen LogP contribution in [0.15, 0.2) is 48.5 Å². The van der Waals surface area contributed by atoms with Gasteiger partial charge >= 0.3 is 6.03 Å². The van der Waals surface area contributed by atoms with Crippen LogP contribution in [0, 0.1) is 0 Å². The highest BCUT2D eigenvalue weighted by Gasteiger charge is 2.09. The molecule has 5 heteroatoms. The Bertz CT molecular complexity index is 643. The Kier molecular flexibility index (Phi) is 5.38. The van der Waals surface area contributed by atoms with Crippen molar-refractivity contribution in [2.45, 2.75) is 0 Å². The number of carbonyl (C=O) groups excluding carboxylic acids is 1. The predicted octanol–water partition coefficient (Wildman–Crippen LogP) is 2.82. The second-order valence-corrected chi connectivity index (χ2v) is 4.86. The number of nitrogens with zero attached hydrogens (tertiary/aromatic N) is 1. The number of nitrogens with one attached hydrogen (secondary N) is 1. The van der Waals surface area contributed by atoms with E-state index in [2.05, 4.69) is 5.32 Å². The van der Waals surface area contributed by atoms with Crippen molar-refractivity contribution in [3.63, 3.8) is 0 Å². The predicted molar refractivity (Wildman–Crippen MR) is 87.2 cm³/mol. The Morgan fingerprint density at radius 1 is 1.23 bits per heavy atom. The van der Waals surface area contributed by atoms with Crippen LogP contribution >= 0.6 is 0 Å².